The molecule has 0 fully saturated rings. The van der Waals surface area contributed by atoms with Gasteiger partial charge in [0, 0.05) is 17.3 Å². The number of fused-ring (bicyclic) bond motifs is 1. The number of anilines is 1. The fraction of sp³-hybridized carbons (Fsp3) is 0.130. The van der Waals surface area contributed by atoms with Crippen molar-refractivity contribution >= 4 is 22.8 Å². The average molecular weight is 415 g/mol. The normalized spacial score (nSPS) is 10.6. The molecule has 0 spiro atoms. The maximum atomic E-state index is 11.4. The number of carbonyl (C=O) groups is 1. The number of imidazole rings is 1. The Morgan fingerprint density at radius 1 is 1.06 bits per heavy atom. The average Bonchev–Trinajstić information content (AvgIpc) is 3.22. The fourth-order valence-electron chi connectivity index (χ4n) is 3.24. The minimum atomic E-state index is -0.244. The van der Waals surface area contributed by atoms with Crippen LogP contribution >= 0.6 is 0 Å². The molecule has 0 saturated heterocycles. The van der Waals surface area contributed by atoms with Crippen LogP contribution in [0.2, 0.25) is 0 Å². The molecule has 0 unspecified atom stereocenters. The number of hydrogen-bond donors (Lipinski definition) is 1. The lowest BCUT2D eigenvalue weighted by Gasteiger charge is -2.09. The summed E-state index contributed by atoms with van der Waals surface area (Å²) < 4.78 is 12.7. The SMILES string of the molecule is C=CC(=O)Nc1ccc(Cn2cnc3c(-c4cc(OC)cc(OC)c4)ncnc32)cc1. The molecule has 0 atom stereocenters. The van der Waals surface area contributed by atoms with E-state index in [0.717, 1.165) is 16.8 Å². The van der Waals surface area contributed by atoms with Crippen LogP contribution in [0.5, 0.6) is 11.5 Å². The van der Waals surface area contributed by atoms with Gasteiger partial charge in [-0.15, -0.1) is 0 Å². The molecule has 31 heavy (non-hydrogen) atoms. The van der Waals surface area contributed by atoms with Gasteiger partial charge in [-0.25, -0.2) is 15.0 Å². The molecule has 1 amide bonds. The van der Waals surface area contributed by atoms with Crippen molar-refractivity contribution < 1.29 is 14.3 Å². The highest BCUT2D eigenvalue weighted by Crippen LogP contribution is 2.31. The van der Waals surface area contributed by atoms with E-state index in [1.54, 1.807) is 20.5 Å². The summed E-state index contributed by atoms with van der Waals surface area (Å²) in [7, 11) is 3.22. The van der Waals surface area contributed by atoms with Gasteiger partial charge in [0.1, 0.15) is 29.0 Å². The second-order valence-electron chi connectivity index (χ2n) is 6.76. The minimum absolute atomic E-state index is 0.244. The van der Waals surface area contributed by atoms with E-state index >= 15 is 0 Å². The number of hydrogen-bond acceptors (Lipinski definition) is 6. The Balaban J connectivity index is 1.65. The van der Waals surface area contributed by atoms with E-state index in [2.05, 4.69) is 26.8 Å². The third-order valence-corrected chi connectivity index (χ3v) is 4.79. The molecule has 0 aliphatic rings. The number of benzene rings is 2. The van der Waals surface area contributed by atoms with E-state index in [0.29, 0.717) is 34.9 Å². The van der Waals surface area contributed by atoms with Crippen molar-refractivity contribution in [2.75, 3.05) is 19.5 Å². The first kappa shape index (κ1) is 20.1. The highest BCUT2D eigenvalue weighted by Gasteiger charge is 2.14. The summed E-state index contributed by atoms with van der Waals surface area (Å²) in [6.45, 7) is 4.03. The Bertz CT molecular complexity index is 1230. The summed E-state index contributed by atoms with van der Waals surface area (Å²) in [5.74, 6) is 1.10. The second kappa shape index (κ2) is 8.66. The molecule has 1 N–H and O–H groups in total. The maximum Gasteiger partial charge on any atom is 0.247 e. The summed E-state index contributed by atoms with van der Waals surface area (Å²) in [6.07, 6.45) is 4.50. The third kappa shape index (κ3) is 4.23. The van der Waals surface area contributed by atoms with Crippen molar-refractivity contribution in [1.29, 1.82) is 0 Å². The molecule has 0 bridgehead atoms. The van der Waals surface area contributed by atoms with Gasteiger partial charge in [0.25, 0.3) is 0 Å². The van der Waals surface area contributed by atoms with E-state index in [9.17, 15) is 4.79 Å². The van der Waals surface area contributed by atoms with Crippen LogP contribution in [0, 0.1) is 0 Å². The van der Waals surface area contributed by atoms with Crippen LogP contribution in [0.1, 0.15) is 5.56 Å². The molecule has 2 aromatic carbocycles. The van der Waals surface area contributed by atoms with Crippen molar-refractivity contribution in [3.05, 3.63) is 73.3 Å². The summed E-state index contributed by atoms with van der Waals surface area (Å²) in [5.41, 5.74) is 4.68. The highest BCUT2D eigenvalue weighted by atomic mass is 16.5. The highest BCUT2D eigenvalue weighted by molar-refractivity contribution is 5.98. The van der Waals surface area contributed by atoms with Gasteiger partial charge >= 0.3 is 0 Å². The topological polar surface area (TPSA) is 91.2 Å². The zero-order valence-electron chi connectivity index (χ0n) is 17.2. The molecule has 0 aliphatic heterocycles. The molecule has 0 aliphatic carbocycles. The number of aromatic nitrogens is 4. The molecule has 0 saturated carbocycles. The lowest BCUT2D eigenvalue weighted by molar-refractivity contribution is -0.111. The van der Waals surface area contributed by atoms with Crippen LogP contribution in [0.25, 0.3) is 22.4 Å². The number of nitrogens with zero attached hydrogens (tertiary/aromatic N) is 4. The lowest BCUT2D eigenvalue weighted by Crippen LogP contribution is -2.07. The van der Waals surface area contributed by atoms with E-state index in [1.165, 1.54) is 12.4 Å². The zero-order chi connectivity index (χ0) is 21.8. The van der Waals surface area contributed by atoms with Gasteiger partial charge < -0.3 is 19.4 Å². The number of rotatable bonds is 7. The van der Waals surface area contributed by atoms with E-state index < -0.39 is 0 Å². The zero-order valence-corrected chi connectivity index (χ0v) is 17.2. The van der Waals surface area contributed by atoms with Gasteiger partial charge in [0.15, 0.2) is 5.65 Å². The quantitative estimate of drug-likeness (QED) is 0.463. The Morgan fingerprint density at radius 3 is 2.42 bits per heavy atom. The Kier molecular flexibility index (Phi) is 5.61. The molecule has 2 aromatic heterocycles. The maximum absolute atomic E-state index is 11.4. The Labute approximate surface area is 179 Å². The van der Waals surface area contributed by atoms with E-state index in [4.69, 9.17) is 9.47 Å². The van der Waals surface area contributed by atoms with Gasteiger partial charge in [-0.2, -0.15) is 0 Å². The molecule has 4 aromatic rings. The first-order valence-electron chi connectivity index (χ1n) is 9.53. The molecule has 156 valence electrons. The number of ether oxygens (including phenoxy) is 2. The fourth-order valence-corrected chi connectivity index (χ4v) is 3.24. The Morgan fingerprint density at radius 2 is 1.77 bits per heavy atom. The Hall–Kier alpha value is -4.20. The standard InChI is InChI=1S/C23H21N5O3/c1-4-20(29)27-17-7-5-15(6-8-17)12-28-14-26-22-21(24-13-25-23(22)28)16-9-18(30-2)11-19(10-16)31-3/h4-11,13-14H,1,12H2,2-3H3,(H,27,29). The summed E-state index contributed by atoms with van der Waals surface area (Å²) in [5, 5.41) is 2.73. The van der Waals surface area contributed by atoms with Crippen LogP contribution in [0.4, 0.5) is 5.69 Å². The first-order valence-corrected chi connectivity index (χ1v) is 9.53. The van der Waals surface area contributed by atoms with Crippen molar-refractivity contribution in [1.82, 2.24) is 19.5 Å². The number of amides is 1. The molecule has 2 heterocycles. The van der Waals surface area contributed by atoms with Crippen LogP contribution in [0.15, 0.2) is 67.8 Å². The first-order chi connectivity index (χ1) is 15.1. The lowest BCUT2D eigenvalue weighted by atomic mass is 10.1. The van der Waals surface area contributed by atoms with Gasteiger partial charge in [-0.1, -0.05) is 18.7 Å². The predicted octanol–water partition coefficient (Wildman–Crippen LogP) is 3.68. The van der Waals surface area contributed by atoms with Crippen molar-refractivity contribution in [3.8, 4) is 22.8 Å². The van der Waals surface area contributed by atoms with E-state index in [1.807, 2.05) is 47.0 Å². The number of methoxy groups -OCH3 is 2. The largest absolute Gasteiger partial charge is 0.497 e. The third-order valence-electron chi connectivity index (χ3n) is 4.79. The second-order valence-corrected chi connectivity index (χ2v) is 6.76. The predicted molar refractivity (Wildman–Crippen MR) is 118 cm³/mol. The van der Waals surface area contributed by atoms with E-state index in [-0.39, 0.29) is 5.91 Å². The monoisotopic (exact) mass is 415 g/mol. The van der Waals surface area contributed by atoms with Crippen LogP contribution < -0.4 is 14.8 Å². The summed E-state index contributed by atoms with van der Waals surface area (Å²) >= 11 is 0. The van der Waals surface area contributed by atoms with Crippen molar-refractivity contribution in [3.63, 3.8) is 0 Å². The van der Waals surface area contributed by atoms with Crippen molar-refractivity contribution in [2.45, 2.75) is 6.54 Å². The number of carbonyl (C=O) groups excluding carboxylic acids is 1. The molecule has 8 nitrogen and oxygen atoms in total. The molecule has 0 radical (unpaired) electrons. The minimum Gasteiger partial charge on any atom is -0.497 e. The van der Waals surface area contributed by atoms with Gasteiger partial charge in [-0.05, 0) is 35.9 Å². The summed E-state index contributed by atoms with van der Waals surface area (Å²) in [4.78, 5) is 24.9. The van der Waals surface area contributed by atoms with Gasteiger partial charge in [-0.3, -0.25) is 4.79 Å². The molecular weight excluding hydrogens is 394 g/mol. The van der Waals surface area contributed by atoms with Gasteiger partial charge in [0.05, 0.1) is 27.1 Å². The molecule has 8 heteroatoms. The van der Waals surface area contributed by atoms with Crippen LogP contribution in [-0.2, 0) is 11.3 Å². The van der Waals surface area contributed by atoms with Crippen molar-refractivity contribution in [2.24, 2.45) is 0 Å². The van der Waals surface area contributed by atoms with Crippen LogP contribution in [0.3, 0.4) is 0 Å². The van der Waals surface area contributed by atoms with Crippen LogP contribution in [-0.4, -0.2) is 39.6 Å². The number of nitrogens with one attached hydrogen (secondary N) is 1. The smallest absolute Gasteiger partial charge is 0.247 e. The molecule has 4 rings (SSSR count). The molecular formula is C23H21N5O3. The summed E-state index contributed by atoms with van der Waals surface area (Å²) in [6, 6.07) is 13.2. The van der Waals surface area contributed by atoms with Gasteiger partial charge in [0.2, 0.25) is 5.91 Å².